The van der Waals surface area contributed by atoms with Crippen LogP contribution in [0.25, 0.3) is 10.9 Å². The predicted octanol–water partition coefficient (Wildman–Crippen LogP) is 3.38. The summed E-state index contributed by atoms with van der Waals surface area (Å²) in [4.78, 5) is 26.1. The highest BCUT2D eigenvalue weighted by Gasteiger charge is 2.34. The van der Waals surface area contributed by atoms with E-state index >= 15 is 0 Å². The Morgan fingerprint density at radius 1 is 1.12 bits per heavy atom. The molecule has 2 aliphatic heterocycles. The van der Waals surface area contributed by atoms with Crippen LogP contribution in [0, 0.1) is 0 Å². The number of rotatable bonds is 5. The number of hydrogen-bond acceptors (Lipinski definition) is 9. The number of thioether (sulfide) groups is 1. The van der Waals surface area contributed by atoms with Gasteiger partial charge in [0.05, 0.1) is 36.6 Å². The molecule has 174 valence electrons. The van der Waals surface area contributed by atoms with Crippen molar-refractivity contribution in [2.75, 3.05) is 50.2 Å². The van der Waals surface area contributed by atoms with Gasteiger partial charge in [0.15, 0.2) is 17.3 Å². The van der Waals surface area contributed by atoms with E-state index in [2.05, 4.69) is 15.9 Å². The number of piperazine rings is 1. The maximum absolute atomic E-state index is 11.8. The number of hydrogen-bond donors (Lipinski definition) is 1. The second-order valence-corrected chi connectivity index (χ2v) is 9.55. The van der Waals surface area contributed by atoms with Gasteiger partial charge in [-0.15, -0.1) is 11.8 Å². The lowest BCUT2D eigenvalue weighted by molar-refractivity contribution is -0.112. The second-order valence-electron chi connectivity index (χ2n) is 8.55. The van der Waals surface area contributed by atoms with Crippen molar-refractivity contribution in [1.82, 2.24) is 14.9 Å². The van der Waals surface area contributed by atoms with Crippen LogP contribution in [-0.2, 0) is 4.79 Å². The molecule has 0 bridgehead atoms. The van der Waals surface area contributed by atoms with Gasteiger partial charge in [-0.2, -0.15) is 4.98 Å². The molecule has 33 heavy (non-hydrogen) atoms. The first-order chi connectivity index (χ1) is 16.1. The first kappa shape index (κ1) is 21.9. The Morgan fingerprint density at radius 3 is 2.64 bits per heavy atom. The number of anilines is 2. The third kappa shape index (κ3) is 4.21. The fourth-order valence-corrected chi connectivity index (χ4v) is 5.79. The van der Waals surface area contributed by atoms with Crippen LogP contribution in [0.1, 0.15) is 25.7 Å². The van der Waals surface area contributed by atoms with E-state index in [0.29, 0.717) is 29.0 Å². The number of benzene rings is 1. The molecular formula is C24H29N5O3S. The van der Waals surface area contributed by atoms with Gasteiger partial charge in [-0.1, -0.05) is 6.08 Å². The maximum atomic E-state index is 11.8. The van der Waals surface area contributed by atoms with Gasteiger partial charge in [0.1, 0.15) is 5.82 Å². The molecule has 8 nitrogen and oxygen atoms in total. The third-order valence-corrected chi connectivity index (χ3v) is 7.67. The number of carbonyl (C=O) groups is 1. The lowest BCUT2D eigenvalue weighted by atomic mass is 9.91. The van der Waals surface area contributed by atoms with E-state index in [1.165, 1.54) is 18.4 Å². The zero-order valence-electron chi connectivity index (χ0n) is 19.0. The van der Waals surface area contributed by atoms with Crippen molar-refractivity contribution in [3.8, 4) is 11.5 Å². The summed E-state index contributed by atoms with van der Waals surface area (Å²) in [6.45, 7) is 2.38. The first-order valence-electron chi connectivity index (χ1n) is 11.3. The zero-order chi connectivity index (χ0) is 22.9. The highest BCUT2D eigenvalue weighted by atomic mass is 32.2. The lowest BCUT2D eigenvalue weighted by Gasteiger charge is -2.44. The third-order valence-electron chi connectivity index (χ3n) is 6.57. The van der Waals surface area contributed by atoms with Gasteiger partial charge in [-0.3, -0.25) is 4.79 Å². The molecule has 1 saturated heterocycles. The number of nitrogens with zero attached hydrogens (tertiary/aromatic N) is 4. The minimum atomic E-state index is 0.147. The molecule has 0 radical (unpaired) electrons. The average molecular weight is 468 g/mol. The highest BCUT2D eigenvalue weighted by Crippen LogP contribution is 2.37. The van der Waals surface area contributed by atoms with Crippen molar-refractivity contribution < 1.29 is 14.3 Å². The molecule has 0 spiro atoms. The normalized spacial score (nSPS) is 21.3. The molecule has 5 rings (SSSR count). The summed E-state index contributed by atoms with van der Waals surface area (Å²) in [5.41, 5.74) is 8.55. The van der Waals surface area contributed by atoms with Crippen molar-refractivity contribution in [3.63, 3.8) is 0 Å². The monoisotopic (exact) mass is 467 g/mol. The summed E-state index contributed by atoms with van der Waals surface area (Å²) < 4.78 is 10.9. The molecule has 1 fully saturated rings. The van der Waals surface area contributed by atoms with Crippen molar-refractivity contribution in [1.29, 1.82) is 0 Å². The summed E-state index contributed by atoms with van der Waals surface area (Å²) in [5.74, 6) is 3.00. The number of carbonyl (C=O) groups excluding carboxylic acids is 1. The Kier molecular flexibility index (Phi) is 6.05. The molecule has 1 unspecified atom stereocenters. The Labute approximate surface area is 197 Å². The predicted molar refractivity (Wildman–Crippen MR) is 132 cm³/mol. The number of aromatic nitrogens is 2. The van der Waals surface area contributed by atoms with Crippen LogP contribution in [0.5, 0.6) is 11.5 Å². The number of methoxy groups -OCH3 is 2. The molecule has 2 N–H and O–H groups in total. The van der Waals surface area contributed by atoms with E-state index in [1.807, 2.05) is 12.1 Å². The van der Waals surface area contributed by atoms with Crippen LogP contribution in [0.4, 0.5) is 11.8 Å². The first-order valence-corrected chi connectivity index (χ1v) is 12.3. The number of allylic oxidation sites excluding steroid dienone is 2. The Bertz CT molecular complexity index is 1150. The fourth-order valence-electron chi connectivity index (χ4n) is 4.85. The molecule has 1 aromatic heterocycles. The number of nitrogens with two attached hydrogens (primary N) is 1. The Balaban J connectivity index is 1.52. The van der Waals surface area contributed by atoms with Crippen molar-refractivity contribution in [2.45, 2.75) is 31.7 Å². The smallest absolute Gasteiger partial charge is 0.228 e. The maximum Gasteiger partial charge on any atom is 0.228 e. The van der Waals surface area contributed by atoms with E-state index in [0.717, 1.165) is 48.4 Å². The van der Waals surface area contributed by atoms with E-state index in [9.17, 15) is 4.79 Å². The molecule has 3 aliphatic rings. The summed E-state index contributed by atoms with van der Waals surface area (Å²) >= 11 is 1.64. The Hall–Kier alpha value is -2.94. The topological polar surface area (TPSA) is 93.8 Å². The molecule has 3 heterocycles. The standard InChI is InChI=1S/C24H29N5O3S/c1-31-20-11-17-18(12-21(20)32-2)26-24(27-23(17)25)29-9-8-28(22-10-16(30)14-33-22)13-19(29)15-6-4-3-5-7-15/h6,10-12,19H,3-5,7-9,13-14H2,1-2H3,(H2,25,26,27). The van der Waals surface area contributed by atoms with Gasteiger partial charge >= 0.3 is 0 Å². The molecule has 2 aromatic rings. The van der Waals surface area contributed by atoms with Crippen molar-refractivity contribution in [2.24, 2.45) is 0 Å². The van der Waals surface area contributed by atoms with Crippen LogP contribution >= 0.6 is 11.8 Å². The van der Waals surface area contributed by atoms with Crippen molar-refractivity contribution in [3.05, 3.63) is 34.9 Å². The van der Waals surface area contributed by atoms with Gasteiger partial charge in [-0.05, 0) is 37.3 Å². The largest absolute Gasteiger partial charge is 0.493 e. The summed E-state index contributed by atoms with van der Waals surface area (Å²) in [6, 6.07) is 3.83. The van der Waals surface area contributed by atoms with Gasteiger partial charge in [-0.25, -0.2) is 4.98 Å². The second kappa shape index (κ2) is 9.13. The van der Waals surface area contributed by atoms with Crippen LogP contribution in [0.15, 0.2) is 34.9 Å². The molecule has 1 aromatic carbocycles. The van der Waals surface area contributed by atoms with E-state index < -0.39 is 0 Å². The average Bonchev–Trinajstić information content (AvgIpc) is 3.29. The minimum absolute atomic E-state index is 0.147. The number of ether oxygens (including phenoxy) is 2. The minimum Gasteiger partial charge on any atom is -0.493 e. The van der Waals surface area contributed by atoms with Gasteiger partial charge in [0, 0.05) is 37.2 Å². The number of ketones is 1. The number of nitrogen functional groups attached to an aromatic ring is 1. The summed E-state index contributed by atoms with van der Waals surface area (Å²) in [5, 5.41) is 1.83. The quantitative estimate of drug-likeness (QED) is 0.664. The van der Waals surface area contributed by atoms with Crippen LogP contribution in [0.2, 0.25) is 0 Å². The van der Waals surface area contributed by atoms with Crippen LogP contribution in [-0.4, -0.2) is 66.3 Å². The molecular weight excluding hydrogens is 438 g/mol. The molecule has 1 atom stereocenters. The fraction of sp³-hybridized carbons (Fsp3) is 0.458. The van der Waals surface area contributed by atoms with E-state index in [1.54, 1.807) is 32.1 Å². The van der Waals surface area contributed by atoms with Gasteiger partial charge < -0.3 is 25.0 Å². The van der Waals surface area contributed by atoms with Crippen LogP contribution < -0.4 is 20.1 Å². The molecule has 9 heteroatoms. The van der Waals surface area contributed by atoms with Crippen LogP contribution in [0.3, 0.4) is 0 Å². The van der Waals surface area contributed by atoms with Gasteiger partial charge in [0.2, 0.25) is 5.95 Å². The van der Waals surface area contributed by atoms with Gasteiger partial charge in [0.25, 0.3) is 0 Å². The Morgan fingerprint density at radius 2 is 1.94 bits per heavy atom. The van der Waals surface area contributed by atoms with E-state index in [-0.39, 0.29) is 11.8 Å². The number of fused-ring (bicyclic) bond motifs is 1. The highest BCUT2D eigenvalue weighted by molar-refractivity contribution is 8.04. The SMILES string of the molecule is COc1cc2nc(N3CCN(C4=CC(=O)CS4)CC3C3=CCCCC3)nc(N)c2cc1OC. The zero-order valence-corrected chi connectivity index (χ0v) is 19.9. The summed E-state index contributed by atoms with van der Waals surface area (Å²) in [6.07, 6.45) is 8.78. The molecule has 0 amide bonds. The summed E-state index contributed by atoms with van der Waals surface area (Å²) in [7, 11) is 3.21. The van der Waals surface area contributed by atoms with E-state index in [4.69, 9.17) is 25.2 Å². The molecule has 1 aliphatic carbocycles. The molecule has 0 saturated carbocycles. The lowest BCUT2D eigenvalue weighted by Crippen LogP contribution is -2.54. The van der Waals surface area contributed by atoms with Crippen molar-refractivity contribution >= 4 is 40.2 Å².